The molecule has 0 spiro atoms. The molecule has 0 unspecified atom stereocenters. The van der Waals surface area contributed by atoms with E-state index in [-0.39, 0.29) is 5.43 Å². The Morgan fingerprint density at radius 3 is 2.85 bits per heavy atom. The lowest BCUT2D eigenvalue weighted by Gasteiger charge is -2.26. The van der Waals surface area contributed by atoms with Gasteiger partial charge >= 0.3 is 0 Å². The third-order valence-corrected chi connectivity index (χ3v) is 5.10. The lowest BCUT2D eigenvalue weighted by molar-refractivity contribution is 0.226. The molecule has 0 amide bonds. The smallest absolute Gasteiger partial charge is 0.187 e. The maximum Gasteiger partial charge on any atom is 0.187 e. The van der Waals surface area contributed by atoms with Gasteiger partial charge in [-0.1, -0.05) is 5.16 Å². The number of aromatic amines is 1. The van der Waals surface area contributed by atoms with Crippen LogP contribution in [0.4, 0.5) is 8.78 Å². The Morgan fingerprint density at radius 2 is 2.07 bits per heavy atom. The molecule has 4 rings (SSSR count). The van der Waals surface area contributed by atoms with Gasteiger partial charge in [-0.25, -0.2) is 8.78 Å². The highest BCUT2D eigenvalue weighted by Crippen LogP contribution is 2.31. The molecule has 3 heterocycles. The molecule has 0 saturated heterocycles. The fourth-order valence-corrected chi connectivity index (χ4v) is 3.46. The summed E-state index contributed by atoms with van der Waals surface area (Å²) in [4.78, 5) is 17.5. The Bertz CT molecular complexity index is 1070. The van der Waals surface area contributed by atoms with Crippen LogP contribution in [-0.2, 0) is 19.5 Å². The molecule has 1 N–H and O–H groups in total. The van der Waals surface area contributed by atoms with Crippen molar-refractivity contribution in [1.29, 1.82) is 0 Å². The van der Waals surface area contributed by atoms with E-state index >= 15 is 0 Å². The number of nitrogens with zero attached hydrogens (tertiary/aromatic N) is 2. The average molecular weight is 371 g/mol. The summed E-state index contributed by atoms with van der Waals surface area (Å²) in [7, 11) is 0. The summed E-state index contributed by atoms with van der Waals surface area (Å²) in [5.74, 6) is -1.04. The monoisotopic (exact) mass is 371 g/mol. The van der Waals surface area contributed by atoms with Crippen LogP contribution in [0.25, 0.3) is 11.3 Å². The van der Waals surface area contributed by atoms with Crippen molar-refractivity contribution in [1.82, 2.24) is 15.0 Å². The summed E-state index contributed by atoms with van der Waals surface area (Å²) in [6.07, 6.45) is 2.40. The van der Waals surface area contributed by atoms with E-state index in [0.717, 1.165) is 35.7 Å². The molecule has 0 aliphatic carbocycles. The Balaban J connectivity index is 1.62. The number of rotatable bonds is 3. The summed E-state index contributed by atoms with van der Waals surface area (Å²) in [5.41, 5.74) is 4.22. The van der Waals surface area contributed by atoms with E-state index in [2.05, 4.69) is 15.0 Å². The standard InChI is InChI=1S/C20H19F2N3O2/c1-11-8-23-17(12(2)20(11)26)10-25-6-5-18-14(9-25)19(24-27-18)13-3-4-15(21)16(22)7-13/h3-4,7-8H,5-6,9-10H2,1-2H3,(H,23,26). The summed E-state index contributed by atoms with van der Waals surface area (Å²) in [6.45, 7) is 5.51. The number of hydrogen-bond acceptors (Lipinski definition) is 4. The molecule has 7 heteroatoms. The van der Waals surface area contributed by atoms with Gasteiger partial charge in [-0.15, -0.1) is 0 Å². The first-order valence-electron chi connectivity index (χ1n) is 8.77. The van der Waals surface area contributed by atoms with E-state index in [9.17, 15) is 13.6 Å². The number of aryl methyl sites for hydroxylation is 1. The van der Waals surface area contributed by atoms with Crippen molar-refractivity contribution in [2.75, 3.05) is 6.54 Å². The summed E-state index contributed by atoms with van der Waals surface area (Å²) < 4.78 is 32.2. The van der Waals surface area contributed by atoms with E-state index in [0.29, 0.717) is 41.9 Å². The number of benzene rings is 1. The van der Waals surface area contributed by atoms with Gasteiger partial charge in [0.15, 0.2) is 17.1 Å². The van der Waals surface area contributed by atoms with Crippen LogP contribution in [0, 0.1) is 25.5 Å². The van der Waals surface area contributed by atoms with Crippen molar-refractivity contribution >= 4 is 0 Å². The first-order chi connectivity index (χ1) is 12.9. The zero-order chi connectivity index (χ0) is 19.1. The van der Waals surface area contributed by atoms with Crippen molar-refractivity contribution in [2.24, 2.45) is 0 Å². The number of aromatic nitrogens is 2. The number of fused-ring (bicyclic) bond motifs is 1. The average Bonchev–Trinajstić information content (AvgIpc) is 3.08. The zero-order valence-corrected chi connectivity index (χ0v) is 15.1. The second-order valence-corrected chi connectivity index (χ2v) is 6.93. The zero-order valence-electron chi connectivity index (χ0n) is 15.1. The minimum absolute atomic E-state index is 0.0499. The molecule has 140 valence electrons. The quantitative estimate of drug-likeness (QED) is 0.766. The number of halogens is 2. The highest BCUT2D eigenvalue weighted by Gasteiger charge is 2.26. The van der Waals surface area contributed by atoms with Crippen LogP contribution < -0.4 is 5.43 Å². The predicted octanol–water partition coefficient (Wildman–Crippen LogP) is 3.48. The van der Waals surface area contributed by atoms with Gasteiger partial charge in [0.1, 0.15) is 11.5 Å². The van der Waals surface area contributed by atoms with E-state index in [1.807, 2.05) is 6.92 Å². The predicted molar refractivity (Wildman–Crippen MR) is 96.2 cm³/mol. The molecule has 27 heavy (non-hydrogen) atoms. The fourth-order valence-electron chi connectivity index (χ4n) is 3.46. The van der Waals surface area contributed by atoms with Crippen molar-refractivity contribution in [3.8, 4) is 11.3 Å². The number of H-pyrrole nitrogens is 1. The summed E-state index contributed by atoms with van der Waals surface area (Å²) >= 11 is 0. The van der Waals surface area contributed by atoms with Gasteiger partial charge in [0.25, 0.3) is 0 Å². The highest BCUT2D eigenvalue weighted by molar-refractivity contribution is 5.63. The van der Waals surface area contributed by atoms with Crippen molar-refractivity contribution in [2.45, 2.75) is 33.4 Å². The van der Waals surface area contributed by atoms with Gasteiger partial charge < -0.3 is 9.51 Å². The second kappa shape index (κ2) is 6.74. The SMILES string of the molecule is Cc1c[nH]c(CN2CCc3onc(-c4ccc(F)c(F)c4)c3C2)c(C)c1=O. The van der Waals surface area contributed by atoms with Gasteiger partial charge in [0.2, 0.25) is 0 Å². The molecular formula is C20H19F2N3O2. The third kappa shape index (κ3) is 3.19. The number of nitrogens with one attached hydrogen (secondary N) is 1. The molecule has 0 saturated carbocycles. The second-order valence-electron chi connectivity index (χ2n) is 6.93. The largest absolute Gasteiger partial charge is 0.363 e. The van der Waals surface area contributed by atoms with Crippen LogP contribution in [0.15, 0.2) is 33.7 Å². The van der Waals surface area contributed by atoms with Crippen LogP contribution in [-0.4, -0.2) is 21.6 Å². The van der Waals surface area contributed by atoms with Crippen molar-refractivity contribution in [3.05, 3.63) is 74.4 Å². The third-order valence-electron chi connectivity index (χ3n) is 5.10. The van der Waals surface area contributed by atoms with E-state index in [1.54, 1.807) is 13.1 Å². The summed E-state index contributed by atoms with van der Waals surface area (Å²) in [5, 5.41) is 4.07. The van der Waals surface area contributed by atoms with E-state index < -0.39 is 11.6 Å². The van der Waals surface area contributed by atoms with Gasteiger partial charge in [-0.3, -0.25) is 9.69 Å². The van der Waals surface area contributed by atoms with Gasteiger partial charge in [0, 0.05) is 60.2 Å². The van der Waals surface area contributed by atoms with E-state index in [4.69, 9.17) is 4.52 Å². The van der Waals surface area contributed by atoms with Crippen LogP contribution in [0.3, 0.4) is 0 Å². The number of pyridine rings is 1. The number of hydrogen-bond donors (Lipinski definition) is 1. The maximum atomic E-state index is 13.6. The van der Waals surface area contributed by atoms with Crippen LogP contribution >= 0.6 is 0 Å². The normalized spacial score (nSPS) is 14.4. The van der Waals surface area contributed by atoms with E-state index in [1.165, 1.54) is 6.07 Å². The lowest BCUT2D eigenvalue weighted by atomic mass is 10.0. The minimum atomic E-state index is -0.912. The molecule has 0 fully saturated rings. The molecular weight excluding hydrogens is 352 g/mol. The molecule has 1 aliphatic heterocycles. The Labute approximate surface area is 154 Å². The van der Waals surface area contributed by atoms with Crippen LogP contribution in [0.5, 0.6) is 0 Å². The minimum Gasteiger partial charge on any atom is -0.363 e. The lowest BCUT2D eigenvalue weighted by Crippen LogP contribution is -2.31. The molecule has 0 bridgehead atoms. The van der Waals surface area contributed by atoms with Crippen molar-refractivity contribution in [3.63, 3.8) is 0 Å². The highest BCUT2D eigenvalue weighted by atomic mass is 19.2. The molecule has 1 aliphatic rings. The topological polar surface area (TPSA) is 62.1 Å². The fraction of sp³-hybridized carbons (Fsp3) is 0.300. The first-order valence-corrected chi connectivity index (χ1v) is 8.77. The summed E-state index contributed by atoms with van der Waals surface area (Å²) in [6, 6.07) is 3.72. The first kappa shape index (κ1) is 17.6. The Hall–Kier alpha value is -2.80. The van der Waals surface area contributed by atoms with Crippen LogP contribution in [0.1, 0.15) is 28.1 Å². The molecule has 5 nitrogen and oxygen atoms in total. The van der Waals surface area contributed by atoms with Gasteiger partial charge in [-0.2, -0.15) is 0 Å². The Kier molecular flexibility index (Phi) is 4.39. The van der Waals surface area contributed by atoms with Gasteiger partial charge in [0.05, 0.1) is 0 Å². The Morgan fingerprint density at radius 1 is 1.26 bits per heavy atom. The molecule has 0 radical (unpaired) electrons. The molecule has 3 aromatic rings. The van der Waals surface area contributed by atoms with Gasteiger partial charge in [-0.05, 0) is 32.0 Å². The molecule has 0 atom stereocenters. The molecule has 1 aromatic carbocycles. The van der Waals surface area contributed by atoms with Crippen molar-refractivity contribution < 1.29 is 13.3 Å². The molecule has 2 aromatic heterocycles. The van der Waals surface area contributed by atoms with Crippen LogP contribution in [0.2, 0.25) is 0 Å². The maximum absolute atomic E-state index is 13.6.